The van der Waals surface area contributed by atoms with Gasteiger partial charge >= 0.3 is 0 Å². The molecule has 0 bridgehead atoms. The van der Waals surface area contributed by atoms with E-state index in [0.717, 1.165) is 5.69 Å². The molecular weight excluding hydrogens is 182 g/mol. The first-order chi connectivity index (χ1) is 6.76. The molecule has 0 fully saturated rings. The summed E-state index contributed by atoms with van der Waals surface area (Å²) in [6.07, 6.45) is 0. The summed E-state index contributed by atoms with van der Waals surface area (Å²) in [5.74, 6) is 0.513. The van der Waals surface area contributed by atoms with E-state index in [9.17, 15) is 0 Å². The average molecular weight is 197 g/mol. The Morgan fingerprint density at radius 1 is 1.43 bits per heavy atom. The van der Waals surface area contributed by atoms with Crippen molar-refractivity contribution in [3.63, 3.8) is 0 Å². The van der Waals surface area contributed by atoms with Crippen molar-refractivity contribution in [2.75, 3.05) is 27.3 Å². The van der Waals surface area contributed by atoms with Gasteiger partial charge in [0, 0.05) is 19.2 Å². The van der Waals surface area contributed by atoms with Crippen LogP contribution in [0.5, 0.6) is 5.88 Å². The number of ether oxygens (including phenoxy) is 1. The van der Waals surface area contributed by atoms with E-state index in [1.807, 2.05) is 18.0 Å². The van der Waals surface area contributed by atoms with E-state index in [2.05, 4.69) is 10.2 Å². The van der Waals surface area contributed by atoms with Gasteiger partial charge < -0.3 is 9.84 Å². The van der Waals surface area contributed by atoms with Gasteiger partial charge in [0.1, 0.15) is 0 Å². The van der Waals surface area contributed by atoms with Crippen LogP contribution in [0.1, 0.15) is 5.69 Å². The zero-order valence-corrected chi connectivity index (χ0v) is 8.47. The van der Waals surface area contributed by atoms with Crippen molar-refractivity contribution in [1.82, 2.24) is 15.1 Å². The van der Waals surface area contributed by atoms with Crippen LogP contribution in [0.2, 0.25) is 0 Å². The van der Waals surface area contributed by atoms with Crippen LogP contribution in [-0.4, -0.2) is 47.5 Å². The van der Waals surface area contributed by atoms with Crippen molar-refractivity contribution in [1.29, 1.82) is 0 Å². The lowest BCUT2D eigenvalue weighted by Gasteiger charge is -2.13. The van der Waals surface area contributed by atoms with Crippen molar-refractivity contribution in [3.8, 4) is 5.88 Å². The summed E-state index contributed by atoms with van der Waals surface area (Å²) < 4.78 is 4.89. The van der Waals surface area contributed by atoms with Gasteiger partial charge in [0.15, 0.2) is 0 Å². The number of nitrogens with zero attached hydrogens (tertiary/aromatic N) is 3. The lowest BCUT2D eigenvalue weighted by atomic mass is 10.3. The smallest absolute Gasteiger partial charge is 0.233 e. The molecule has 0 amide bonds. The van der Waals surface area contributed by atoms with Gasteiger partial charge in [-0.2, -0.15) is 5.10 Å². The Morgan fingerprint density at radius 3 is 2.71 bits per heavy atom. The predicted octanol–water partition coefficient (Wildman–Crippen LogP) is -0.0907. The summed E-state index contributed by atoms with van der Waals surface area (Å²) in [4.78, 5) is 1.97. The van der Waals surface area contributed by atoms with Gasteiger partial charge in [0.05, 0.1) is 19.4 Å². The summed E-state index contributed by atoms with van der Waals surface area (Å²) in [5.41, 5.74) is 0.863. The largest absolute Gasteiger partial charge is 0.480 e. The number of rotatable bonds is 5. The minimum absolute atomic E-state index is 0.153. The minimum atomic E-state index is 0.153. The van der Waals surface area contributed by atoms with Crippen molar-refractivity contribution in [2.24, 2.45) is 0 Å². The average Bonchev–Trinajstić information content (AvgIpc) is 2.19. The molecule has 0 spiro atoms. The maximum absolute atomic E-state index is 8.70. The molecule has 14 heavy (non-hydrogen) atoms. The maximum atomic E-state index is 8.70. The molecule has 0 radical (unpaired) electrons. The van der Waals surface area contributed by atoms with Crippen LogP contribution in [0.3, 0.4) is 0 Å². The molecule has 5 heteroatoms. The van der Waals surface area contributed by atoms with Crippen LogP contribution < -0.4 is 4.74 Å². The van der Waals surface area contributed by atoms with E-state index in [4.69, 9.17) is 9.84 Å². The molecule has 1 rings (SSSR count). The highest BCUT2D eigenvalue weighted by Gasteiger charge is 2.01. The Balaban J connectivity index is 2.50. The third-order valence-electron chi connectivity index (χ3n) is 1.82. The van der Waals surface area contributed by atoms with Crippen LogP contribution in [0.15, 0.2) is 12.1 Å². The second kappa shape index (κ2) is 5.51. The van der Waals surface area contributed by atoms with Crippen LogP contribution in [-0.2, 0) is 6.54 Å². The number of methoxy groups -OCH3 is 1. The van der Waals surface area contributed by atoms with E-state index in [0.29, 0.717) is 19.0 Å². The molecular formula is C9H15N3O2. The van der Waals surface area contributed by atoms with Crippen molar-refractivity contribution in [2.45, 2.75) is 6.54 Å². The van der Waals surface area contributed by atoms with Crippen LogP contribution in [0, 0.1) is 0 Å². The predicted molar refractivity (Wildman–Crippen MR) is 52.0 cm³/mol. The topological polar surface area (TPSA) is 58.5 Å². The fourth-order valence-corrected chi connectivity index (χ4v) is 1.07. The quantitative estimate of drug-likeness (QED) is 0.715. The molecule has 1 heterocycles. The lowest BCUT2D eigenvalue weighted by Crippen LogP contribution is -2.22. The molecule has 5 nitrogen and oxygen atoms in total. The minimum Gasteiger partial charge on any atom is -0.480 e. The van der Waals surface area contributed by atoms with Crippen LogP contribution in [0.4, 0.5) is 0 Å². The molecule has 0 aliphatic carbocycles. The second-order valence-electron chi connectivity index (χ2n) is 3.03. The van der Waals surface area contributed by atoms with Crippen molar-refractivity contribution < 1.29 is 9.84 Å². The Hall–Kier alpha value is -1.20. The van der Waals surface area contributed by atoms with Gasteiger partial charge in [-0.3, -0.25) is 4.90 Å². The third kappa shape index (κ3) is 3.27. The van der Waals surface area contributed by atoms with E-state index in [-0.39, 0.29) is 6.61 Å². The van der Waals surface area contributed by atoms with Gasteiger partial charge in [-0.15, -0.1) is 5.10 Å². The molecule has 0 saturated carbocycles. The van der Waals surface area contributed by atoms with Gasteiger partial charge in [0.2, 0.25) is 5.88 Å². The number of aromatic nitrogens is 2. The Labute approximate surface area is 83.3 Å². The number of aliphatic hydroxyl groups excluding tert-OH is 1. The monoisotopic (exact) mass is 197 g/mol. The standard InChI is InChI=1S/C9H15N3O2/c1-12(5-6-13)7-8-3-4-9(14-2)11-10-8/h3-4,13H,5-7H2,1-2H3. The summed E-state index contributed by atoms with van der Waals surface area (Å²) in [7, 11) is 3.48. The Morgan fingerprint density at radius 2 is 2.21 bits per heavy atom. The third-order valence-corrected chi connectivity index (χ3v) is 1.82. The molecule has 0 saturated heterocycles. The van der Waals surface area contributed by atoms with Gasteiger partial charge in [-0.25, -0.2) is 0 Å². The zero-order chi connectivity index (χ0) is 10.4. The van der Waals surface area contributed by atoms with E-state index >= 15 is 0 Å². The van der Waals surface area contributed by atoms with E-state index in [1.54, 1.807) is 13.2 Å². The molecule has 1 aromatic heterocycles. The van der Waals surface area contributed by atoms with Crippen LogP contribution >= 0.6 is 0 Å². The normalized spacial score (nSPS) is 10.6. The lowest BCUT2D eigenvalue weighted by molar-refractivity contribution is 0.215. The first-order valence-corrected chi connectivity index (χ1v) is 4.42. The number of aliphatic hydroxyl groups is 1. The summed E-state index contributed by atoms with van der Waals surface area (Å²) in [5, 5.41) is 16.5. The number of hydrogen-bond acceptors (Lipinski definition) is 5. The number of hydrogen-bond donors (Lipinski definition) is 1. The number of likely N-dealkylation sites (N-methyl/N-ethyl adjacent to an activating group) is 1. The van der Waals surface area contributed by atoms with Gasteiger partial charge in [0.25, 0.3) is 0 Å². The fraction of sp³-hybridized carbons (Fsp3) is 0.556. The Kier molecular flexibility index (Phi) is 4.28. The van der Waals surface area contributed by atoms with Gasteiger partial charge in [-0.1, -0.05) is 0 Å². The first kappa shape index (κ1) is 10.9. The highest BCUT2D eigenvalue weighted by molar-refractivity contribution is 5.11. The zero-order valence-electron chi connectivity index (χ0n) is 8.47. The molecule has 78 valence electrons. The highest BCUT2D eigenvalue weighted by atomic mass is 16.5. The summed E-state index contributed by atoms with van der Waals surface area (Å²) in [6, 6.07) is 3.63. The fourth-order valence-electron chi connectivity index (χ4n) is 1.07. The highest BCUT2D eigenvalue weighted by Crippen LogP contribution is 2.04. The summed E-state index contributed by atoms with van der Waals surface area (Å²) in [6.45, 7) is 1.46. The molecule has 1 aromatic rings. The molecule has 0 atom stereocenters. The molecule has 1 N–H and O–H groups in total. The molecule has 0 aromatic carbocycles. The Bertz CT molecular complexity index is 263. The van der Waals surface area contributed by atoms with Gasteiger partial charge in [-0.05, 0) is 13.1 Å². The van der Waals surface area contributed by atoms with E-state index in [1.165, 1.54) is 0 Å². The SMILES string of the molecule is COc1ccc(CN(C)CCO)nn1. The first-order valence-electron chi connectivity index (χ1n) is 4.42. The molecule has 0 aliphatic rings. The molecule has 0 aliphatic heterocycles. The molecule has 0 unspecified atom stereocenters. The van der Waals surface area contributed by atoms with Crippen molar-refractivity contribution in [3.05, 3.63) is 17.8 Å². The van der Waals surface area contributed by atoms with Crippen LogP contribution in [0.25, 0.3) is 0 Å². The second-order valence-corrected chi connectivity index (χ2v) is 3.03. The maximum Gasteiger partial charge on any atom is 0.233 e. The summed E-state index contributed by atoms with van der Waals surface area (Å²) >= 11 is 0. The van der Waals surface area contributed by atoms with E-state index < -0.39 is 0 Å². The van der Waals surface area contributed by atoms with Crippen molar-refractivity contribution >= 4 is 0 Å².